The number of nitrogens with zero attached hydrogens (tertiary/aromatic N) is 6. The number of aromatic nitrogens is 6. The number of imidazole rings is 1. The Morgan fingerprint density at radius 1 is 1.27 bits per heavy atom. The van der Waals surface area contributed by atoms with Gasteiger partial charge in [0, 0.05) is 35.6 Å². The Morgan fingerprint density at radius 3 is 3.00 bits per heavy atom. The van der Waals surface area contributed by atoms with Crippen molar-refractivity contribution in [3.8, 4) is 17.1 Å². The molecule has 0 aromatic carbocycles. The summed E-state index contributed by atoms with van der Waals surface area (Å²) in [6.07, 6.45) is 7.60. The van der Waals surface area contributed by atoms with E-state index in [1.54, 1.807) is 35.4 Å². The first kappa shape index (κ1) is 13.0. The van der Waals surface area contributed by atoms with E-state index in [9.17, 15) is 0 Å². The maximum absolute atomic E-state index is 5.05. The van der Waals surface area contributed by atoms with Gasteiger partial charge in [0.05, 0.1) is 25.5 Å². The van der Waals surface area contributed by atoms with Gasteiger partial charge in [-0.1, -0.05) is 5.21 Å². The number of pyridine rings is 1. The zero-order valence-electron chi connectivity index (χ0n) is 11.7. The predicted molar refractivity (Wildman–Crippen MR) is 82.0 cm³/mol. The summed E-state index contributed by atoms with van der Waals surface area (Å²) in [5.74, 6) is 0.578. The molecular formula is C14H12N6OS. The lowest BCUT2D eigenvalue weighted by Gasteiger charge is -1.98. The standard InChI is InChI=1S/C14H12N6OS/c1-21-13-3-2-10(6-15-13)12-9-20(18-17-12)8-11-7-19-4-5-22-14(19)16-11/h2-7,9H,8H2,1H3. The van der Waals surface area contributed by atoms with Gasteiger partial charge in [0.25, 0.3) is 0 Å². The Bertz CT molecular complexity index is 878. The van der Waals surface area contributed by atoms with Gasteiger partial charge in [-0.05, 0) is 6.07 Å². The highest BCUT2D eigenvalue weighted by atomic mass is 32.1. The van der Waals surface area contributed by atoms with Crippen LogP contribution in [0.25, 0.3) is 16.2 Å². The van der Waals surface area contributed by atoms with Crippen LogP contribution in [-0.2, 0) is 6.54 Å². The second-order valence-electron chi connectivity index (χ2n) is 4.72. The summed E-state index contributed by atoms with van der Waals surface area (Å²) in [5, 5.41) is 10.3. The van der Waals surface area contributed by atoms with Crippen LogP contribution < -0.4 is 4.74 Å². The van der Waals surface area contributed by atoms with Crippen LogP contribution in [0.4, 0.5) is 0 Å². The molecule has 8 heteroatoms. The maximum Gasteiger partial charge on any atom is 0.212 e. The maximum atomic E-state index is 5.05. The van der Waals surface area contributed by atoms with Crippen LogP contribution in [0.15, 0.2) is 42.3 Å². The Balaban J connectivity index is 1.56. The first-order valence-corrected chi connectivity index (χ1v) is 7.51. The van der Waals surface area contributed by atoms with Crippen molar-refractivity contribution in [2.24, 2.45) is 0 Å². The second kappa shape index (κ2) is 5.23. The van der Waals surface area contributed by atoms with E-state index in [1.807, 2.05) is 34.4 Å². The van der Waals surface area contributed by atoms with Gasteiger partial charge >= 0.3 is 0 Å². The molecule has 0 saturated carbocycles. The Hall–Kier alpha value is -2.74. The van der Waals surface area contributed by atoms with E-state index < -0.39 is 0 Å². The van der Waals surface area contributed by atoms with Crippen LogP contribution in [0.1, 0.15) is 5.69 Å². The van der Waals surface area contributed by atoms with Crippen LogP contribution in [0.2, 0.25) is 0 Å². The number of methoxy groups -OCH3 is 1. The summed E-state index contributed by atoms with van der Waals surface area (Å²) in [5.41, 5.74) is 2.63. The summed E-state index contributed by atoms with van der Waals surface area (Å²) in [6.45, 7) is 0.588. The molecule has 4 rings (SSSR count). The lowest BCUT2D eigenvalue weighted by molar-refractivity contribution is 0.398. The molecule has 0 unspecified atom stereocenters. The van der Waals surface area contributed by atoms with Gasteiger partial charge in [0.1, 0.15) is 5.69 Å². The number of hydrogen-bond acceptors (Lipinski definition) is 6. The minimum Gasteiger partial charge on any atom is -0.481 e. The number of fused-ring (bicyclic) bond motifs is 1. The fraction of sp³-hybridized carbons (Fsp3) is 0.143. The van der Waals surface area contributed by atoms with Crippen molar-refractivity contribution < 1.29 is 4.74 Å². The monoisotopic (exact) mass is 312 g/mol. The van der Waals surface area contributed by atoms with Crippen LogP contribution in [0.5, 0.6) is 5.88 Å². The van der Waals surface area contributed by atoms with Crippen LogP contribution in [0, 0.1) is 0 Å². The Labute approximate surface area is 129 Å². The highest BCUT2D eigenvalue weighted by Gasteiger charge is 2.08. The second-order valence-corrected chi connectivity index (χ2v) is 5.59. The van der Waals surface area contributed by atoms with Gasteiger partial charge in [-0.15, -0.1) is 16.4 Å². The molecule has 22 heavy (non-hydrogen) atoms. The van der Waals surface area contributed by atoms with Gasteiger partial charge in [0.2, 0.25) is 5.88 Å². The van der Waals surface area contributed by atoms with Crippen molar-refractivity contribution in [3.63, 3.8) is 0 Å². The fourth-order valence-electron chi connectivity index (χ4n) is 2.18. The topological polar surface area (TPSA) is 70.1 Å². The molecule has 0 aliphatic heterocycles. The van der Waals surface area contributed by atoms with E-state index >= 15 is 0 Å². The lowest BCUT2D eigenvalue weighted by atomic mass is 10.2. The van der Waals surface area contributed by atoms with Gasteiger partial charge in [-0.25, -0.2) is 14.6 Å². The molecule has 4 aromatic heterocycles. The number of ether oxygens (including phenoxy) is 1. The van der Waals surface area contributed by atoms with Crippen molar-refractivity contribution in [2.45, 2.75) is 6.54 Å². The largest absolute Gasteiger partial charge is 0.481 e. The molecule has 4 heterocycles. The minimum absolute atomic E-state index is 0.578. The Morgan fingerprint density at radius 2 is 2.23 bits per heavy atom. The zero-order valence-corrected chi connectivity index (χ0v) is 12.6. The third-order valence-corrected chi connectivity index (χ3v) is 4.02. The molecule has 0 bridgehead atoms. The molecule has 0 aliphatic rings. The molecule has 110 valence electrons. The molecule has 0 spiro atoms. The van der Waals surface area contributed by atoms with E-state index in [-0.39, 0.29) is 0 Å². The van der Waals surface area contributed by atoms with Crippen molar-refractivity contribution in [1.82, 2.24) is 29.4 Å². The van der Waals surface area contributed by atoms with E-state index in [4.69, 9.17) is 4.74 Å². The summed E-state index contributed by atoms with van der Waals surface area (Å²) in [4.78, 5) is 9.69. The minimum atomic E-state index is 0.578. The van der Waals surface area contributed by atoms with Crippen LogP contribution in [0.3, 0.4) is 0 Å². The third-order valence-electron chi connectivity index (χ3n) is 3.25. The first-order chi connectivity index (χ1) is 10.8. The van der Waals surface area contributed by atoms with Gasteiger partial charge < -0.3 is 4.74 Å². The molecule has 0 aliphatic carbocycles. The lowest BCUT2D eigenvalue weighted by Crippen LogP contribution is -2.00. The van der Waals surface area contributed by atoms with Crippen LogP contribution >= 0.6 is 11.3 Å². The average molecular weight is 312 g/mol. The molecule has 4 aromatic rings. The number of rotatable bonds is 4. The number of thiazole rings is 1. The van der Waals surface area contributed by atoms with Gasteiger partial charge in [-0.2, -0.15) is 0 Å². The molecule has 0 amide bonds. The summed E-state index contributed by atoms with van der Waals surface area (Å²) < 4.78 is 8.82. The highest BCUT2D eigenvalue weighted by Crippen LogP contribution is 2.18. The van der Waals surface area contributed by atoms with Gasteiger partial charge in [0.15, 0.2) is 4.96 Å². The molecule has 0 saturated heterocycles. The molecule has 0 radical (unpaired) electrons. The zero-order chi connectivity index (χ0) is 14.9. The highest BCUT2D eigenvalue weighted by molar-refractivity contribution is 7.15. The SMILES string of the molecule is COc1ccc(-c2cn(Cc3cn4ccsc4n3)nn2)cn1. The van der Waals surface area contributed by atoms with Crippen molar-refractivity contribution in [3.05, 3.63) is 48.0 Å². The molecule has 0 N–H and O–H groups in total. The van der Waals surface area contributed by atoms with Crippen LogP contribution in [-0.4, -0.2) is 36.5 Å². The van der Waals surface area contributed by atoms with Gasteiger partial charge in [-0.3, -0.25) is 4.40 Å². The quantitative estimate of drug-likeness (QED) is 0.577. The van der Waals surface area contributed by atoms with Crippen molar-refractivity contribution in [1.29, 1.82) is 0 Å². The van der Waals surface area contributed by atoms with Crippen molar-refractivity contribution in [2.75, 3.05) is 7.11 Å². The summed E-state index contributed by atoms with van der Waals surface area (Å²) in [6, 6.07) is 3.71. The molecular weight excluding hydrogens is 300 g/mol. The Kier molecular flexibility index (Phi) is 3.08. The summed E-state index contributed by atoms with van der Waals surface area (Å²) in [7, 11) is 1.59. The molecule has 7 nitrogen and oxygen atoms in total. The normalized spacial score (nSPS) is 11.1. The van der Waals surface area contributed by atoms with E-state index in [1.165, 1.54) is 0 Å². The van der Waals surface area contributed by atoms with E-state index in [0.29, 0.717) is 12.4 Å². The molecule has 0 fully saturated rings. The molecule has 0 atom stereocenters. The smallest absolute Gasteiger partial charge is 0.212 e. The number of hydrogen-bond donors (Lipinski definition) is 0. The summed E-state index contributed by atoms with van der Waals surface area (Å²) >= 11 is 1.61. The first-order valence-electron chi connectivity index (χ1n) is 6.63. The predicted octanol–water partition coefficient (Wildman–Crippen LogP) is 2.11. The third kappa shape index (κ3) is 2.33. The van der Waals surface area contributed by atoms with E-state index in [2.05, 4.69) is 20.3 Å². The van der Waals surface area contributed by atoms with Crippen molar-refractivity contribution >= 4 is 16.3 Å². The average Bonchev–Trinajstić information content (AvgIpc) is 3.24. The van der Waals surface area contributed by atoms with E-state index in [0.717, 1.165) is 21.9 Å². The fourth-order valence-corrected chi connectivity index (χ4v) is 2.90.